The Morgan fingerprint density at radius 3 is 2.26 bits per heavy atom. The summed E-state index contributed by atoms with van der Waals surface area (Å²) >= 11 is 5.84. The van der Waals surface area contributed by atoms with Crippen LogP contribution in [0.25, 0.3) is 0 Å². The van der Waals surface area contributed by atoms with E-state index in [4.69, 9.17) is 20.8 Å². The predicted octanol–water partition coefficient (Wildman–Crippen LogP) is 4.42. The summed E-state index contributed by atoms with van der Waals surface area (Å²) in [5.74, 6) is 0.806. The minimum absolute atomic E-state index is 0.108. The Labute approximate surface area is 161 Å². The topological polar surface area (TPSA) is 68.5 Å². The highest BCUT2D eigenvalue weighted by Gasteiger charge is 2.13. The molecule has 0 saturated heterocycles. The number of furan rings is 1. The van der Waals surface area contributed by atoms with Crippen LogP contribution in [-0.2, 0) is 4.79 Å². The predicted molar refractivity (Wildman–Crippen MR) is 102 cm³/mol. The lowest BCUT2D eigenvalue weighted by atomic mass is 10.0. The molecule has 5 nitrogen and oxygen atoms in total. The second-order valence-corrected chi connectivity index (χ2v) is 6.39. The first kappa shape index (κ1) is 18.7. The molecule has 1 unspecified atom stereocenters. The number of amides is 1. The largest absolute Gasteiger partial charge is 0.484 e. The van der Waals surface area contributed by atoms with Crippen LogP contribution in [0.4, 0.5) is 0 Å². The molecule has 1 aromatic heterocycles. The van der Waals surface area contributed by atoms with E-state index in [0.717, 1.165) is 0 Å². The summed E-state index contributed by atoms with van der Waals surface area (Å²) in [6.45, 7) is 1.70. The molecule has 138 valence electrons. The van der Waals surface area contributed by atoms with Crippen molar-refractivity contribution in [2.75, 3.05) is 6.61 Å². The van der Waals surface area contributed by atoms with Gasteiger partial charge in [0.1, 0.15) is 11.5 Å². The number of ketones is 1. The van der Waals surface area contributed by atoms with Gasteiger partial charge in [0.15, 0.2) is 12.4 Å². The quantitative estimate of drug-likeness (QED) is 0.613. The van der Waals surface area contributed by atoms with E-state index >= 15 is 0 Å². The van der Waals surface area contributed by atoms with Gasteiger partial charge >= 0.3 is 0 Å². The van der Waals surface area contributed by atoms with Gasteiger partial charge in [0, 0.05) is 16.1 Å². The standard InChI is InChI=1S/C21H18ClNO4/c1-14(19-3-2-12-26-19)23-20(24)13-27-18-10-6-16(7-11-18)21(25)15-4-8-17(22)9-5-15/h2-12,14H,13H2,1H3,(H,23,24). The SMILES string of the molecule is CC(NC(=O)COc1ccc(C(=O)c2ccc(Cl)cc2)cc1)c1ccco1. The summed E-state index contributed by atoms with van der Waals surface area (Å²) < 4.78 is 10.7. The molecule has 3 rings (SSSR count). The lowest BCUT2D eigenvalue weighted by Crippen LogP contribution is -2.31. The van der Waals surface area contributed by atoms with Gasteiger partial charge in [-0.05, 0) is 67.6 Å². The Kier molecular flexibility index (Phi) is 5.94. The molecule has 0 radical (unpaired) electrons. The molecule has 0 aliphatic rings. The number of carbonyl (C=O) groups is 2. The summed E-state index contributed by atoms with van der Waals surface area (Å²) in [4.78, 5) is 24.4. The van der Waals surface area contributed by atoms with Crippen LogP contribution >= 0.6 is 11.6 Å². The number of rotatable bonds is 7. The second-order valence-electron chi connectivity index (χ2n) is 5.95. The van der Waals surface area contributed by atoms with E-state index in [1.54, 1.807) is 66.9 Å². The molecule has 0 aliphatic heterocycles. The molecule has 1 N–H and O–H groups in total. The highest BCUT2D eigenvalue weighted by molar-refractivity contribution is 6.30. The van der Waals surface area contributed by atoms with Gasteiger partial charge in [0.2, 0.25) is 0 Å². The molecule has 27 heavy (non-hydrogen) atoms. The molecular weight excluding hydrogens is 366 g/mol. The third-order valence-corrected chi connectivity index (χ3v) is 4.19. The third-order valence-electron chi connectivity index (χ3n) is 3.94. The smallest absolute Gasteiger partial charge is 0.258 e. The van der Waals surface area contributed by atoms with Gasteiger partial charge in [-0.25, -0.2) is 0 Å². The van der Waals surface area contributed by atoms with Crippen LogP contribution in [0.3, 0.4) is 0 Å². The number of carbonyl (C=O) groups excluding carboxylic acids is 2. The zero-order valence-corrected chi connectivity index (χ0v) is 15.4. The normalized spacial score (nSPS) is 11.6. The number of halogens is 1. The van der Waals surface area contributed by atoms with Gasteiger partial charge in [0.25, 0.3) is 5.91 Å². The zero-order chi connectivity index (χ0) is 19.2. The molecule has 1 heterocycles. The fraction of sp³-hybridized carbons (Fsp3) is 0.143. The van der Waals surface area contributed by atoms with E-state index < -0.39 is 0 Å². The molecule has 0 fully saturated rings. The number of ether oxygens (including phenoxy) is 1. The van der Waals surface area contributed by atoms with E-state index in [-0.39, 0.29) is 24.3 Å². The van der Waals surface area contributed by atoms with Crippen molar-refractivity contribution >= 4 is 23.3 Å². The Bertz CT molecular complexity index is 902. The fourth-order valence-electron chi connectivity index (χ4n) is 2.51. The van der Waals surface area contributed by atoms with Gasteiger partial charge in [-0.1, -0.05) is 11.6 Å². The molecule has 0 spiro atoms. The lowest BCUT2D eigenvalue weighted by Gasteiger charge is -2.12. The maximum absolute atomic E-state index is 12.4. The van der Waals surface area contributed by atoms with Gasteiger partial charge in [-0.3, -0.25) is 9.59 Å². The molecule has 1 amide bonds. The van der Waals surface area contributed by atoms with Crippen LogP contribution in [0.2, 0.25) is 5.02 Å². The van der Waals surface area contributed by atoms with E-state index in [2.05, 4.69) is 5.32 Å². The lowest BCUT2D eigenvalue weighted by molar-refractivity contribution is -0.123. The van der Waals surface area contributed by atoms with Gasteiger partial charge in [-0.15, -0.1) is 0 Å². The fourth-order valence-corrected chi connectivity index (χ4v) is 2.64. The summed E-state index contributed by atoms with van der Waals surface area (Å²) in [5, 5.41) is 3.36. The summed E-state index contributed by atoms with van der Waals surface area (Å²) in [6.07, 6.45) is 1.56. The van der Waals surface area contributed by atoms with Crippen molar-refractivity contribution in [3.05, 3.63) is 88.8 Å². The maximum Gasteiger partial charge on any atom is 0.258 e. The van der Waals surface area contributed by atoms with E-state index in [0.29, 0.717) is 27.7 Å². The van der Waals surface area contributed by atoms with Gasteiger partial charge in [0.05, 0.1) is 12.3 Å². The van der Waals surface area contributed by atoms with Crippen LogP contribution < -0.4 is 10.1 Å². The molecule has 6 heteroatoms. The van der Waals surface area contributed by atoms with Crippen molar-refractivity contribution in [2.24, 2.45) is 0 Å². The van der Waals surface area contributed by atoms with Crippen molar-refractivity contribution in [3.8, 4) is 5.75 Å². The van der Waals surface area contributed by atoms with Crippen molar-refractivity contribution in [3.63, 3.8) is 0 Å². The van der Waals surface area contributed by atoms with Crippen molar-refractivity contribution in [1.29, 1.82) is 0 Å². The first-order chi connectivity index (χ1) is 13.0. The molecule has 3 aromatic rings. The molecule has 0 aliphatic carbocycles. The Balaban J connectivity index is 1.53. The van der Waals surface area contributed by atoms with Crippen LogP contribution in [0.1, 0.15) is 34.6 Å². The zero-order valence-electron chi connectivity index (χ0n) is 14.6. The van der Waals surface area contributed by atoms with Crippen molar-refractivity contribution < 1.29 is 18.7 Å². The third kappa shape index (κ3) is 4.99. The van der Waals surface area contributed by atoms with Crippen LogP contribution in [0.15, 0.2) is 71.3 Å². The Morgan fingerprint density at radius 2 is 1.67 bits per heavy atom. The first-order valence-electron chi connectivity index (χ1n) is 8.39. The second kappa shape index (κ2) is 8.56. The minimum atomic E-state index is -0.264. The van der Waals surface area contributed by atoms with E-state index in [9.17, 15) is 9.59 Å². The monoisotopic (exact) mass is 383 g/mol. The highest BCUT2D eigenvalue weighted by Crippen LogP contribution is 2.17. The van der Waals surface area contributed by atoms with Gasteiger partial charge in [-0.2, -0.15) is 0 Å². The number of hydrogen-bond acceptors (Lipinski definition) is 4. The van der Waals surface area contributed by atoms with E-state index in [1.165, 1.54) is 0 Å². The Morgan fingerprint density at radius 1 is 1.04 bits per heavy atom. The van der Waals surface area contributed by atoms with Crippen LogP contribution in [0.5, 0.6) is 5.75 Å². The molecule has 0 saturated carbocycles. The summed E-state index contributed by atoms with van der Waals surface area (Å²) in [5.41, 5.74) is 1.08. The summed E-state index contributed by atoms with van der Waals surface area (Å²) in [7, 11) is 0. The maximum atomic E-state index is 12.4. The molecule has 2 aromatic carbocycles. The first-order valence-corrected chi connectivity index (χ1v) is 8.76. The molecular formula is C21H18ClNO4. The van der Waals surface area contributed by atoms with E-state index in [1.807, 2.05) is 6.92 Å². The average Bonchev–Trinajstić information content (AvgIpc) is 3.22. The Hall–Kier alpha value is -3.05. The number of hydrogen-bond donors (Lipinski definition) is 1. The van der Waals surface area contributed by atoms with Crippen LogP contribution in [-0.4, -0.2) is 18.3 Å². The number of benzene rings is 2. The van der Waals surface area contributed by atoms with Crippen molar-refractivity contribution in [2.45, 2.75) is 13.0 Å². The highest BCUT2D eigenvalue weighted by atomic mass is 35.5. The van der Waals surface area contributed by atoms with Crippen LogP contribution in [0, 0.1) is 0 Å². The minimum Gasteiger partial charge on any atom is -0.484 e. The molecule has 1 atom stereocenters. The molecule has 0 bridgehead atoms. The summed E-state index contributed by atoms with van der Waals surface area (Å²) in [6, 6.07) is 16.7. The van der Waals surface area contributed by atoms with Gasteiger partial charge < -0.3 is 14.5 Å². The van der Waals surface area contributed by atoms with Crippen molar-refractivity contribution in [1.82, 2.24) is 5.32 Å². The average molecular weight is 384 g/mol. The number of nitrogens with one attached hydrogen (secondary N) is 1.